The van der Waals surface area contributed by atoms with Crippen LogP contribution in [0.25, 0.3) is 0 Å². The van der Waals surface area contributed by atoms with Crippen LogP contribution < -0.4 is 5.73 Å². The van der Waals surface area contributed by atoms with Gasteiger partial charge in [0.05, 0.1) is 13.2 Å². The van der Waals surface area contributed by atoms with Gasteiger partial charge in [-0.2, -0.15) is 0 Å². The van der Waals surface area contributed by atoms with Gasteiger partial charge < -0.3 is 20.5 Å². The zero-order valence-corrected chi connectivity index (χ0v) is 13.3. The molecule has 0 aliphatic carbocycles. The van der Waals surface area contributed by atoms with Gasteiger partial charge in [-0.3, -0.25) is 4.79 Å². The monoisotopic (exact) mass is 300 g/mol. The second kappa shape index (κ2) is 7.75. The fraction of sp³-hybridized carbons (Fsp3) is 0.867. The first-order valence-electron chi connectivity index (χ1n) is 7.57. The maximum Gasteiger partial charge on any atom is 0.328 e. The van der Waals surface area contributed by atoms with Crippen molar-refractivity contribution in [2.45, 2.75) is 46.1 Å². The zero-order chi connectivity index (χ0) is 16.0. The Hall–Kier alpha value is -1.14. The number of nitrogens with two attached hydrogens (primary N) is 1. The van der Waals surface area contributed by atoms with Crippen molar-refractivity contribution < 1.29 is 19.4 Å². The summed E-state index contributed by atoms with van der Waals surface area (Å²) in [4.78, 5) is 24.9. The van der Waals surface area contributed by atoms with Crippen LogP contribution in [0.15, 0.2) is 0 Å². The first-order valence-corrected chi connectivity index (χ1v) is 7.57. The summed E-state index contributed by atoms with van der Waals surface area (Å²) in [7, 11) is 0. The molecule has 6 heteroatoms. The van der Waals surface area contributed by atoms with Gasteiger partial charge in [-0.1, -0.05) is 20.8 Å². The third-order valence-corrected chi connectivity index (χ3v) is 4.18. The molecule has 122 valence electrons. The molecule has 0 aromatic heterocycles. The summed E-state index contributed by atoms with van der Waals surface area (Å²) in [6, 6.07) is -0.853. The van der Waals surface area contributed by atoms with E-state index in [0.717, 1.165) is 12.8 Å². The molecule has 21 heavy (non-hydrogen) atoms. The van der Waals surface area contributed by atoms with Crippen molar-refractivity contribution in [1.29, 1.82) is 0 Å². The van der Waals surface area contributed by atoms with Crippen molar-refractivity contribution in [3.8, 4) is 0 Å². The fourth-order valence-corrected chi connectivity index (χ4v) is 2.76. The molecule has 0 radical (unpaired) electrons. The van der Waals surface area contributed by atoms with E-state index in [2.05, 4.69) is 20.8 Å². The number of hydrogen-bond acceptors (Lipinski definition) is 4. The van der Waals surface area contributed by atoms with E-state index < -0.39 is 12.0 Å². The van der Waals surface area contributed by atoms with E-state index in [1.807, 2.05) is 0 Å². The molecule has 0 bridgehead atoms. The van der Waals surface area contributed by atoms with E-state index in [4.69, 9.17) is 15.6 Å². The minimum atomic E-state index is -1.00. The second-order valence-electron chi connectivity index (χ2n) is 6.70. The number of carboxylic acids is 1. The molecule has 0 saturated carbocycles. The summed E-state index contributed by atoms with van der Waals surface area (Å²) in [5, 5.41) is 9.16. The van der Waals surface area contributed by atoms with Crippen LogP contribution in [-0.4, -0.2) is 54.2 Å². The summed E-state index contributed by atoms with van der Waals surface area (Å²) in [5.74, 6) is -0.745. The number of morpholine rings is 1. The Morgan fingerprint density at radius 2 is 2.05 bits per heavy atom. The number of carboxylic acid groups (broad SMARTS) is 1. The Kier molecular flexibility index (Phi) is 6.61. The standard InChI is InChI=1S/C15H28N2O4/c1-15(2,3)11(6-7-16)4-5-13(18)17-8-9-21-10-12(17)14(19)20/h11-12H,4-10,16H2,1-3H3,(H,19,20). The van der Waals surface area contributed by atoms with Crippen molar-refractivity contribution in [3.05, 3.63) is 0 Å². The largest absolute Gasteiger partial charge is 0.480 e. The molecule has 6 nitrogen and oxygen atoms in total. The second-order valence-corrected chi connectivity index (χ2v) is 6.70. The average molecular weight is 300 g/mol. The molecule has 1 rings (SSSR count). The van der Waals surface area contributed by atoms with Crippen LogP contribution in [0.3, 0.4) is 0 Å². The highest BCUT2D eigenvalue weighted by molar-refractivity contribution is 5.84. The predicted octanol–water partition coefficient (Wildman–Crippen LogP) is 1.09. The highest BCUT2D eigenvalue weighted by Crippen LogP contribution is 2.32. The predicted molar refractivity (Wildman–Crippen MR) is 79.8 cm³/mol. The molecular formula is C15H28N2O4. The van der Waals surface area contributed by atoms with Crippen LogP contribution in [0.2, 0.25) is 0 Å². The molecule has 3 N–H and O–H groups in total. The van der Waals surface area contributed by atoms with Crippen molar-refractivity contribution in [1.82, 2.24) is 4.90 Å². The number of rotatable bonds is 6. The molecule has 1 fully saturated rings. The summed E-state index contributed by atoms with van der Waals surface area (Å²) in [6.07, 6.45) is 1.98. The number of nitrogens with zero attached hydrogens (tertiary/aromatic N) is 1. The van der Waals surface area contributed by atoms with Gasteiger partial charge >= 0.3 is 5.97 Å². The normalized spacial score (nSPS) is 21.1. The summed E-state index contributed by atoms with van der Waals surface area (Å²) >= 11 is 0. The fourth-order valence-electron chi connectivity index (χ4n) is 2.76. The smallest absolute Gasteiger partial charge is 0.328 e. The summed E-state index contributed by atoms with van der Waals surface area (Å²) in [5.41, 5.74) is 5.74. The SMILES string of the molecule is CC(C)(C)C(CCN)CCC(=O)N1CCOCC1C(=O)O. The van der Waals surface area contributed by atoms with Crippen molar-refractivity contribution >= 4 is 11.9 Å². The van der Waals surface area contributed by atoms with Crippen LogP contribution in [0.4, 0.5) is 0 Å². The lowest BCUT2D eigenvalue weighted by atomic mass is 9.76. The summed E-state index contributed by atoms with van der Waals surface area (Å²) in [6.45, 7) is 7.87. The van der Waals surface area contributed by atoms with Gasteiger partial charge in [0.15, 0.2) is 6.04 Å². The van der Waals surface area contributed by atoms with Crippen LogP contribution in [0, 0.1) is 11.3 Å². The highest BCUT2D eigenvalue weighted by atomic mass is 16.5. The molecule has 1 amide bonds. The van der Waals surface area contributed by atoms with E-state index in [-0.39, 0.29) is 17.9 Å². The number of carbonyl (C=O) groups is 2. The minimum Gasteiger partial charge on any atom is -0.480 e. The van der Waals surface area contributed by atoms with E-state index in [1.54, 1.807) is 0 Å². The van der Waals surface area contributed by atoms with Gasteiger partial charge in [-0.05, 0) is 30.7 Å². The van der Waals surface area contributed by atoms with E-state index >= 15 is 0 Å². The number of amides is 1. The molecule has 0 spiro atoms. The Bertz CT molecular complexity index is 365. The Balaban J connectivity index is 2.60. The summed E-state index contributed by atoms with van der Waals surface area (Å²) < 4.78 is 5.15. The third-order valence-electron chi connectivity index (χ3n) is 4.18. The van der Waals surface area contributed by atoms with Crippen molar-refractivity contribution in [2.24, 2.45) is 17.1 Å². The number of aliphatic carboxylic acids is 1. The lowest BCUT2D eigenvalue weighted by molar-refractivity contribution is -0.158. The molecule has 2 atom stereocenters. The van der Waals surface area contributed by atoms with Gasteiger partial charge in [-0.15, -0.1) is 0 Å². The Morgan fingerprint density at radius 3 is 2.57 bits per heavy atom. The first-order chi connectivity index (χ1) is 9.77. The molecule has 2 unspecified atom stereocenters. The molecule has 1 aliphatic rings. The van der Waals surface area contributed by atoms with E-state index in [1.165, 1.54) is 4.90 Å². The molecule has 0 aromatic rings. The first kappa shape index (κ1) is 17.9. The van der Waals surface area contributed by atoms with Gasteiger partial charge in [0.2, 0.25) is 5.91 Å². The van der Waals surface area contributed by atoms with Gasteiger partial charge in [-0.25, -0.2) is 4.79 Å². The lowest BCUT2D eigenvalue weighted by Crippen LogP contribution is -2.52. The topological polar surface area (TPSA) is 92.9 Å². The van der Waals surface area contributed by atoms with Crippen LogP contribution in [0.1, 0.15) is 40.0 Å². The Labute approximate surface area is 126 Å². The highest BCUT2D eigenvalue weighted by Gasteiger charge is 2.33. The number of ether oxygens (including phenoxy) is 1. The minimum absolute atomic E-state index is 0.0760. The van der Waals surface area contributed by atoms with Crippen LogP contribution >= 0.6 is 0 Å². The van der Waals surface area contributed by atoms with Crippen LogP contribution in [0.5, 0.6) is 0 Å². The average Bonchev–Trinajstić information content (AvgIpc) is 2.41. The number of carbonyl (C=O) groups excluding carboxylic acids is 1. The van der Waals surface area contributed by atoms with E-state index in [0.29, 0.717) is 32.0 Å². The lowest BCUT2D eigenvalue weighted by Gasteiger charge is -2.34. The molecular weight excluding hydrogens is 272 g/mol. The van der Waals surface area contributed by atoms with Crippen molar-refractivity contribution in [2.75, 3.05) is 26.3 Å². The van der Waals surface area contributed by atoms with Gasteiger partial charge in [0.1, 0.15) is 0 Å². The van der Waals surface area contributed by atoms with Gasteiger partial charge in [0, 0.05) is 13.0 Å². The molecule has 1 aliphatic heterocycles. The van der Waals surface area contributed by atoms with Crippen molar-refractivity contribution in [3.63, 3.8) is 0 Å². The van der Waals surface area contributed by atoms with E-state index in [9.17, 15) is 9.59 Å². The third kappa shape index (κ3) is 5.28. The van der Waals surface area contributed by atoms with Crippen LogP contribution in [-0.2, 0) is 14.3 Å². The Morgan fingerprint density at radius 1 is 1.38 bits per heavy atom. The van der Waals surface area contributed by atoms with Gasteiger partial charge in [0.25, 0.3) is 0 Å². The molecule has 1 saturated heterocycles. The maximum atomic E-state index is 12.3. The number of hydrogen-bond donors (Lipinski definition) is 2. The maximum absolute atomic E-state index is 12.3. The molecule has 0 aromatic carbocycles. The zero-order valence-electron chi connectivity index (χ0n) is 13.3. The quantitative estimate of drug-likeness (QED) is 0.766. The molecule has 1 heterocycles.